The number of hydrogen-bond donors (Lipinski definition) is 1. The van der Waals surface area contributed by atoms with Crippen molar-refractivity contribution in [3.8, 4) is 11.4 Å². The van der Waals surface area contributed by atoms with Crippen LogP contribution in [0.15, 0.2) is 48.5 Å². The van der Waals surface area contributed by atoms with Gasteiger partial charge in [0.05, 0.1) is 30.6 Å². The van der Waals surface area contributed by atoms with Crippen LogP contribution in [0.5, 0.6) is 0 Å². The Balaban J connectivity index is 1.76. The maximum atomic E-state index is 14.8. The average molecular weight is 591 g/mol. The van der Waals surface area contributed by atoms with Crippen molar-refractivity contribution in [2.24, 2.45) is 11.1 Å². The van der Waals surface area contributed by atoms with Gasteiger partial charge in [-0.05, 0) is 47.5 Å². The molecule has 0 aliphatic carbocycles. The third kappa shape index (κ3) is 8.02. The summed E-state index contributed by atoms with van der Waals surface area (Å²) in [6.45, 7) is 7.65. The number of aromatic nitrogens is 3. The lowest BCUT2D eigenvalue weighted by molar-refractivity contribution is 0.0490. The molecule has 1 aromatic heterocycles. The molecular weight excluding hydrogens is 553 g/mol. The number of alkyl halides is 1. The summed E-state index contributed by atoms with van der Waals surface area (Å²) in [6.07, 6.45) is 0.271. The number of urea groups is 1. The van der Waals surface area contributed by atoms with Gasteiger partial charge in [-0.25, -0.2) is 27.6 Å². The highest BCUT2D eigenvalue weighted by atomic mass is 32.2. The van der Waals surface area contributed by atoms with Crippen molar-refractivity contribution in [2.45, 2.75) is 45.0 Å². The molecule has 2 unspecified atom stereocenters. The van der Waals surface area contributed by atoms with Gasteiger partial charge >= 0.3 is 6.03 Å². The lowest BCUT2D eigenvalue weighted by Crippen LogP contribution is -2.47. The number of ether oxygens (including phenoxy) is 1. The van der Waals surface area contributed by atoms with Crippen molar-refractivity contribution in [3.05, 3.63) is 71.6 Å². The van der Waals surface area contributed by atoms with Gasteiger partial charge in [0.25, 0.3) is 0 Å². The second-order valence-corrected chi connectivity index (χ2v) is 12.2. The topological polar surface area (TPSA) is 89.5 Å². The molecule has 41 heavy (non-hydrogen) atoms. The first kappa shape index (κ1) is 30.9. The fourth-order valence-corrected chi connectivity index (χ4v) is 5.65. The third-order valence-electron chi connectivity index (χ3n) is 6.69. The molecule has 2 aromatic carbocycles. The molecule has 12 heteroatoms. The Labute approximate surface area is 243 Å². The van der Waals surface area contributed by atoms with E-state index in [1.54, 1.807) is 13.9 Å². The van der Waals surface area contributed by atoms with Gasteiger partial charge in [-0.3, -0.25) is 4.31 Å². The molecular formula is C29H37F3N6O2S. The molecule has 4 rings (SSSR count). The van der Waals surface area contributed by atoms with Gasteiger partial charge in [0.2, 0.25) is 0 Å². The summed E-state index contributed by atoms with van der Waals surface area (Å²) in [7, 11) is 0. The van der Waals surface area contributed by atoms with Gasteiger partial charge in [0.15, 0.2) is 5.82 Å². The molecule has 3 aromatic rings. The minimum Gasteiger partial charge on any atom is -0.378 e. The molecule has 2 N–H and O–H groups in total. The number of halogens is 3. The van der Waals surface area contributed by atoms with E-state index in [4.69, 9.17) is 15.5 Å². The number of carbonyl (C=O) groups excluding carboxylic acids is 1. The Bertz CT molecular complexity index is 1300. The minimum atomic E-state index is -0.701. The molecule has 222 valence electrons. The summed E-state index contributed by atoms with van der Waals surface area (Å²) >= 11 is 1.28. The predicted octanol–water partition coefficient (Wildman–Crippen LogP) is 5.45. The zero-order chi connectivity index (χ0) is 29.6. The molecule has 1 aliphatic rings. The van der Waals surface area contributed by atoms with E-state index in [1.165, 1.54) is 11.9 Å². The number of nitrogens with zero attached hydrogens (tertiary/aromatic N) is 5. The Hall–Kier alpha value is -3.09. The summed E-state index contributed by atoms with van der Waals surface area (Å²) in [4.78, 5) is 20.1. The number of rotatable bonds is 10. The van der Waals surface area contributed by atoms with Crippen LogP contribution in [0.25, 0.3) is 11.4 Å². The zero-order valence-corrected chi connectivity index (χ0v) is 24.4. The van der Waals surface area contributed by atoms with Gasteiger partial charge < -0.3 is 15.4 Å². The Morgan fingerprint density at radius 2 is 1.85 bits per heavy atom. The molecule has 0 saturated carbocycles. The first-order valence-electron chi connectivity index (χ1n) is 13.6. The number of benzene rings is 2. The van der Waals surface area contributed by atoms with E-state index in [9.17, 15) is 18.0 Å². The van der Waals surface area contributed by atoms with Crippen LogP contribution in [0.4, 0.5) is 18.0 Å². The quantitative estimate of drug-likeness (QED) is 0.316. The first-order chi connectivity index (χ1) is 19.6. The molecule has 0 bridgehead atoms. The Kier molecular flexibility index (Phi) is 10.3. The zero-order valence-electron chi connectivity index (χ0n) is 23.6. The molecule has 2 heterocycles. The maximum Gasteiger partial charge on any atom is 0.330 e. The predicted molar refractivity (Wildman–Crippen MR) is 154 cm³/mol. The standard InChI is InChI=1S/C29H37F3N6O2S/c1-29(2,3)25(41-38(12-11-22(33)18-30)28(39)36-13-15-40-16-14-36)27-34-26(23-17-21(31)9-10-24(23)32)35-37(27)19-20-7-5-4-6-8-20/h4-10,17,22,25H,11-16,18-19,33H2,1-3H3. The summed E-state index contributed by atoms with van der Waals surface area (Å²) in [6, 6.07) is 11.9. The molecule has 2 amide bonds. The molecule has 2 atom stereocenters. The van der Waals surface area contributed by atoms with Crippen molar-refractivity contribution < 1.29 is 22.7 Å². The van der Waals surface area contributed by atoms with Gasteiger partial charge in [-0.2, -0.15) is 5.10 Å². The maximum absolute atomic E-state index is 14.8. The second kappa shape index (κ2) is 13.7. The number of carbonyl (C=O) groups is 1. The highest BCUT2D eigenvalue weighted by Gasteiger charge is 2.37. The summed E-state index contributed by atoms with van der Waals surface area (Å²) < 4.78 is 50.9. The minimum absolute atomic E-state index is 0.0493. The molecule has 0 spiro atoms. The first-order valence-corrected chi connectivity index (χ1v) is 14.5. The number of nitrogens with two attached hydrogens (primary N) is 1. The van der Waals surface area contributed by atoms with E-state index in [0.29, 0.717) is 38.7 Å². The SMILES string of the molecule is CC(C)(C)C(SN(CCC(N)CF)C(=O)N1CCOCC1)c1nc(-c2cc(F)ccc2F)nn1Cc1ccccc1. The van der Waals surface area contributed by atoms with Gasteiger partial charge in [0.1, 0.15) is 24.1 Å². The highest BCUT2D eigenvalue weighted by Crippen LogP contribution is 2.45. The van der Waals surface area contributed by atoms with Crippen LogP contribution in [0.3, 0.4) is 0 Å². The molecule has 0 radical (unpaired) electrons. The van der Waals surface area contributed by atoms with Gasteiger partial charge in [0, 0.05) is 25.7 Å². The second-order valence-electron chi connectivity index (χ2n) is 11.1. The van der Waals surface area contributed by atoms with Gasteiger partial charge in [-0.15, -0.1) is 0 Å². The Morgan fingerprint density at radius 3 is 2.51 bits per heavy atom. The van der Waals surface area contributed by atoms with Crippen molar-refractivity contribution in [3.63, 3.8) is 0 Å². The highest BCUT2D eigenvalue weighted by molar-refractivity contribution is 7.97. The number of hydrogen-bond acceptors (Lipinski definition) is 6. The fourth-order valence-electron chi connectivity index (χ4n) is 4.39. The molecule has 1 saturated heterocycles. The van der Waals surface area contributed by atoms with Crippen LogP contribution in [-0.2, 0) is 11.3 Å². The van der Waals surface area contributed by atoms with Crippen molar-refractivity contribution >= 4 is 18.0 Å². The monoisotopic (exact) mass is 590 g/mol. The van der Waals surface area contributed by atoms with Crippen LogP contribution in [0, 0.1) is 17.0 Å². The van der Waals surface area contributed by atoms with Gasteiger partial charge in [-0.1, -0.05) is 51.1 Å². The summed E-state index contributed by atoms with van der Waals surface area (Å²) in [5, 5.41) is 4.18. The Morgan fingerprint density at radius 1 is 1.15 bits per heavy atom. The van der Waals surface area contributed by atoms with Crippen LogP contribution < -0.4 is 5.73 Å². The van der Waals surface area contributed by atoms with E-state index in [-0.39, 0.29) is 30.4 Å². The lowest BCUT2D eigenvalue weighted by Gasteiger charge is -2.37. The van der Waals surface area contributed by atoms with Crippen molar-refractivity contribution in [2.75, 3.05) is 39.5 Å². The summed E-state index contributed by atoms with van der Waals surface area (Å²) in [5.74, 6) is -0.692. The van der Waals surface area contributed by atoms with Crippen molar-refractivity contribution in [1.29, 1.82) is 0 Å². The molecule has 8 nitrogen and oxygen atoms in total. The van der Waals surface area contributed by atoms with E-state index >= 15 is 0 Å². The van der Waals surface area contributed by atoms with Crippen molar-refractivity contribution in [1.82, 2.24) is 24.0 Å². The number of amides is 2. The number of morpholine rings is 1. The van der Waals surface area contributed by atoms with E-state index in [2.05, 4.69) is 5.10 Å². The third-order valence-corrected chi connectivity index (χ3v) is 8.42. The van der Waals surface area contributed by atoms with E-state index < -0.39 is 35.0 Å². The summed E-state index contributed by atoms with van der Waals surface area (Å²) in [5.41, 5.74) is 6.31. The van der Waals surface area contributed by atoms with E-state index in [1.807, 2.05) is 51.1 Å². The lowest BCUT2D eigenvalue weighted by atomic mass is 9.91. The normalized spacial score (nSPS) is 15.5. The smallest absolute Gasteiger partial charge is 0.330 e. The fraction of sp³-hybridized carbons (Fsp3) is 0.483. The molecule has 1 aliphatic heterocycles. The molecule has 1 fully saturated rings. The van der Waals surface area contributed by atoms with E-state index in [0.717, 1.165) is 23.8 Å². The van der Waals surface area contributed by atoms with Crippen LogP contribution >= 0.6 is 11.9 Å². The van der Waals surface area contributed by atoms with Crippen LogP contribution in [-0.4, -0.2) is 75.6 Å². The average Bonchev–Trinajstić information content (AvgIpc) is 3.36. The van der Waals surface area contributed by atoms with Crippen LogP contribution in [0.2, 0.25) is 0 Å². The largest absolute Gasteiger partial charge is 0.378 e. The van der Waals surface area contributed by atoms with Crippen LogP contribution in [0.1, 0.15) is 43.8 Å².